The summed E-state index contributed by atoms with van der Waals surface area (Å²) in [5.41, 5.74) is 5.61. The molecule has 1 aromatic heterocycles. The Morgan fingerprint density at radius 3 is 2.81 bits per heavy atom. The van der Waals surface area contributed by atoms with E-state index in [4.69, 9.17) is 5.73 Å². The summed E-state index contributed by atoms with van der Waals surface area (Å²) in [7, 11) is 1.79. The molecule has 0 radical (unpaired) electrons. The summed E-state index contributed by atoms with van der Waals surface area (Å²) in [6.45, 7) is 4.52. The first kappa shape index (κ1) is 12.2. The van der Waals surface area contributed by atoms with Crippen LogP contribution in [0.1, 0.15) is 12.7 Å². The highest BCUT2D eigenvalue weighted by Gasteiger charge is 2.09. The molecule has 1 aromatic rings. The lowest BCUT2D eigenvalue weighted by Crippen LogP contribution is -2.35. The van der Waals surface area contributed by atoms with Crippen molar-refractivity contribution in [3.05, 3.63) is 11.9 Å². The van der Waals surface area contributed by atoms with Gasteiger partial charge in [0.1, 0.15) is 17.5 Å². The molecule has 0 aliphatic rings. The van der Waals surface area contributed by atoms with Crippen LogP contribution in [0.25, 0.3) is 0 Å². The normalized spacial score (nSPS) is 9.94. The molecular weight excluding hydrogens is 206 g/mol. The fraction of sp³-hybridized carbons (Fsp3) is 0.500. The van der Waals surface area contributed by atoms with Gasteiger partial charge in [0.15, 0.2) is 0 Å². The third-order valence-electron chi connectivity index (χ3n) is 1.99. The fourth-order valence-corrected chi connectivity index (χ4v) is 1.32. The number of carbonyl (C=O) groups is 1. The number of aryl methyl sites for hydroxylation is 1. The summed E-state index contributed by atoms with van der Waals surface area (Å²) in [4.78, 5) is 21.3. The van der Waals surface area contributed by atoms with Gasteiger partial charge in [-0.25, -0.2) is 9.97 Å². The van der Waals surface area contributed by atoms with Gasteiger partial charge in [-0.1, -0.05) is 0 Å². The molecule has 0 bridgehead atoms. The highest BCUT2D eigenvalue weighted by atomic mass is 16.2. The molecule has 0 saturated heterocycles. The van der Waals surface area contributed by atoms with Crippen LogP contribution in [0.2, 0.25) is 0 Å². The summed E-state index contributed by atoms with van der Waals surface area (Å²) in [6.07, 6.45) is 0. The van der Waals surface area contributed by atoms with Gasteiger partial charge in [-0.2, -0.15) is 0 Å². The minimum Gasteiger partial charge on any atom is -0.384 e. The zero-order valence-electron chi connectivity index (χ0n) is 9.82. The largest absolute Gasteiger partial charge is 0.384 e. The van der Waals surface area contributed by atoms with Crippen molar-refractivity contribution in [3.8, 4) is 0 Å². The summed E-state index contributed by atoms with van der Waals surface area (Å²) >= 11 is 0. The Bertz CT molecular complexity index is 359. The lowest BCUT2D eigenvalue weighted by molar-refractivity contribution is -0.119. The number of anilines is 2. The molecular formula is C10H17N5O. The smallest absolute Gasteiger partial charge is 0.239 e. The molecule has 0 atom stereocenters. The van der Waals surface area contributed by atoms with Crippen LogP contribution in [0.4, 0.5) is 11.6 Å². The molecule has 6 heteroatoms. The van der Waals surface area contributed by atoms with Gasteiger partial charge >= 0.3 is 0 Å². The van der Waals surface area contributed by atoms with Crippen molar-refractivity contribution in [2.45, 2.75) is 13.8 Å². The Hall–Kier alpha value is -1.85. The lowest BCUT2D eigenvalue weighted by atomic mass is 10.4. The zero-order valence-corrected chi connectivity index (χ0v) is 9.82. The molecule has 0 aliphatic carbocycles. The van der Waals surface area contributed by atoms with E-state index in [0.29, 0.717) is 24.0 Å². The maximum atomic E-state index is 11.4. The van der Waals surface area contributed by atoms with Crippen LogP contribution in [0.15, 0.2) is 6.07 Å². The molecule has 1 amide bonds. The number of nitrogen functional groups attached to an aromatic ring is 1. The van der Waals surface area contributed by atoms with E-state index in [-0.39, 0.29) is 12.5 Å². The fourth-order valence-electron chi connectivity index (χ4n) is 1.32. The number of aromatic nitrogens is 2. The number of likely N-dealkylation sites (N-methyl/N-ethyl adjacent to an activating group) is 2. The molecule has 0 unspecified atom stereocenters. The zero-order chi connectivity index (χ0) is 12.1. The first-order valence-electron chi connectivity index (χ1n) is 5.12. The Balaban J connectivity index is 2.72. The van der Waals surface area contributed by atoms with Gasteiger partial charge in [0.25, 0.3) is 0 Å². The van der Waals surface area contributed by atoms with E-state index in [1.165, 1.54) is 0 Å². The first-order valence-corrected chi connectivity index (χ1v) is 5.12. The standard InChI is InChI=1S/C10H17N5O/c1-4-12-10(16)6-15(3)9-5-8(11)13-7(2)14-9/h5H,4,6H2,1-3H3,(H,12,16)(H2,11,13,14). The van der Waals surface area contributed by atoms with Gasteiger partial charge in [-0.3, -0.25) is 4.79 Å². The van der Waals surface area contributed by atoms with Crippen LogP contribution in [0.3, 0.4) is 0 Å². The third-order valence-corrected chi connectivity index (χ3v) is 1.99. The molecule has 16 heavy (non-hydrogen) atoms. The highest BCUT2D eigenvalue weighted by molar-refractivity contribution is 5.80. The van der Waals surface area contributed by atoms with Crippen molar-refractivity contribution in [1.29, 1.82) is 0 Å². The summed E-state index contributed by atoms with van der Waals surface area (Å²) in [5.74, 6) is 1.61. The van der Waals surface area contributed by atoms with Crippen LogP contribution in [-0.4, -0.2) is 36.0 Å². The average molecular weight is 223 g/mol. The Morgan fingerprint density at radius 2 is 2.25 bits per heavy atom. The second-order valence-electron chi connectivity index (χ2n) is 3.51. The molecule has 3 N–H and O–H groups in total. The summed E-state index contributed by atoms with van der Waals surface area (Å²) in [6, 6.07) is 1.65. The number of hydrogen-bond donors (Lipinski definition) is 2. The van der Waals surface area contributed by atoms with Gasteiger partial charge in [0, 0.05) is 19.7 Å². The minimum absolute atomic E-state index is 0.0418. The first-order chi connectivity index (χ1) is 7.52. The average Bonchev–Trinajstić information content (AvgIpc) is 2.16. The van der Waals surface area contributed by atoms with Crippen molar-refractivity contribution in [3.63, 3.8) is 0 Å². The van der Waals surface area contributed by atoms with Crippen LogP contribution < -0.4 is 16.0 Å². The SMILES string of the molecule is CCNC(=O)CN(C)c1cc(N)nc(C)n1. The molecule has 1 rings (SSSR count). The number of carbonyl (C=O) groups excluding carboxylic acids is 1. The predicted molar refractivity (Wildman–Crippen MR) is 63.1 cm³/mol. The number of nitrogens with one attached hydrogen (secondary N) is 1. The quantitative estimate of drug-likeness (QED) is 0.747. The highest BCUT2D eigenvalue weighted by Crippen LogP contribution is 2.11. The molecule has 1 heterocycles. The molecule has 0 spiro atoms. The van der Waals surface area contributed by atoms with Crippen LogP contribution in [0, 0.1) is 6.92 Å². The Labute approximate surface area is 94.9 Å². The van der Waals surface area contributed by atoms with Crippen molar-refractivity contribution in [2.24, 2.45) is 0 Å². The summed E-state index contributed by atoms with van der Waals surface area (Å²) in [5, 5.41) is 2.72. The van der Waals surface area contributed by atoms with Crippen molar-refractivity contribution in [1.82, 2.24) is 15.3 Å². The maximum absolute atomic E-state index is 11.4. The van der Waals surface area contributed by atoms with Crippen LogP contribution in [-0.2, 0) is 4.79 Å². The van der Waals surface area contributed by atoms with E-state index in [0.717, 1.165) is 0 Å². The van der Waals surface area contributed by atoms with E-state index in [1.807, 2.05) is 6.92 Å². The van der Waals surface area contributed by atoms with Gasteiger partial charge in [0.05, 0.1) is 6.54 Å². The van der Waals surface area contributed by atoms with E-state index in [2.05, 4.69) is 15.3 Å². The van der Waals surface area contributed by atoms with Crippen LogP contribution >= 0.6 is 0 Å². The number of hydrogen-bond acceptors (Lipinski definition) is 5. The maximum Gasteiger partial charge on any atom is 0.239 e. The van der Waals surface area contributed by atoms with Gasteiger partial charge in [-0.15, -0.1) is 0 Å². The molecule has 0 aliphatic heterocycles. The topological polar surface area (TPSA) is 84.1 Å². The van der Waals surface area contributed by atoms with Gasteiger partial charge < -0.3 is 16.0 Å². The third kappa shape index (κ3) is 3.38. The Kier molecular flexibility index (Phi) is 4.04. The second kappa shape index (κ2) is 5.29. The van der Waals surface area contributed by atoms with Gasteiger partial charge in [-0.05, 0) is 13.8 Å². The van der Waals surface area contributed by atoms with E-state index >= 15 is 0 Å². The van der Waals surface area contributed by atoms with E-state index in [9.17, 15) is 4.79 Å². The molecule has 88 valence electrons. The number of amides is 1. The second-order valence-corrected chi connectivity index (χ2v) is 3.51. The molecule has 0 fully saturated rings. The van der Waals surface area contributed by atoms with E-state index in [1.54, 1.807) is 24.9 Å². The van der Waals surface area contributed by atoms with E-state index < -0.39 is 0 Å². The number of nitrogens with zero attached hydrogens (tertiary/aromatic N) is 3. The molecule has 0 aromatic carbocycles. The van der Waals surface area contributed by atoms with Gasteiger partial charge in [0.2, 0.25) is 5.91 Å². The van der Waals surface area contributed by atoms with Crippen LogP contribution in [0.5, 0.6) is 0 Å². The van der Waals surface area contributed by atoms with Crippen molar-refractivity contribution >= 4 is 17.5 Å². The Morgan fingerprint density at radius 1 is 1.56 bits per heavy atom. The summed E-state index contributed by atoms with van der Waals surface area (Å²) < 4.78 is 0. The molecule has 0 saturated carbocycles. The monoisotopic (exact) mass is 223 g/mol. The van der Waals surface area contributed by atoms with Crippen molar-refractivity contribution < 1.29 is 4.79 Å². The number of rotatable bonds is 4. The number of nitrogens with two attached hydrogens (primary N) is 1. The molecule has 6 nitrogen and oxygen atoms in total. The minimum atomic E-state index is -0.0418. The predicted octanol–water partition coefficient (Wildman–Crippen LogP) is -0.0605. The lowest BCUT2D eigenvalue weighted by Gasteiger charge is -2.17. The van der Waals surface area contributed by atoms with Crippen molar-refractivity contribution in [2.75, 3.05) is 30.8 Å².